The van der Waals surface area contributed by atoms with Crippen molar-refractivity contribution in [3.63, 3.8) is 0 Å². The smallest absolute Gasteiger partial charge is 0.320 e. The lowest BCUT2D eigenvalue weighted by Crippen LogP contribution is -2.36. The van der Waals surface area contributed by atoms with Gasteiger partial charge >= 0.3 is 6.03 Å². The van der Waals surface area contributed by atoms with Gasteiger partial charge in [-0.05, 0) is 55.4 Å². The van der Waals surface area contributed by atoms with Crippen LogP contribution in [0.1, 0.15) is 81.8 Å². The van der Waals surface area contributed by atoms with E-state index in [1.807, 2.05) is 40.9 Å². The Morgan fingerprint density at radius 2 is 1.83 bits per heavy atom. The summed E-state index contributed by atoms with van der Waals surface area (Å²) in [4.78, 5) is 20.3. The van der Waals surface area contributed by atoms with Gasteiger partial charge in [-0.25, -0.2) is 9.78 Å². The number of anilines is 2. The van der Waals surface area contributed by atoms with E-state index in [2.05, 4.69) is 63.6 Å². The van der Waals surface area contributed by atoms with Crippen molar-refractivity contribution < 1.29 is 14.6 Å². The number of rotatable bonds is 8. The minimum atomic E-state index is -0.330. The normalized spacial score (nSPS) is 18.3. The summed E-state index contributed by atoms with van der Waals surface area (Å²) in [6, 6.07) is 13.4. The molecule has 1 aliphatic heterocycles. The maximum atomic E-state index is 13.5. The van der Waals surface area contributed by atoms with E-state index < -0.39 is 0 Å². The van der Waals surface area contributed by atoms with Crippen LogP contribution in [0.15, 0.2) is 61.2 Å². The van der Waals surface area contributed by atoms with E-state index in [1.54, 1.807) is 21.8 Å². The molecule has 0 radical (unpaired) electrons. The van der Waals surface area contributed by atoms with Crippen LogP contribution in [0.3, 0.4) is 0 Å². The molecule has 13 nitrogen and oxygen atoms in total. The number of urea groups is 1. The van der Waals surface area contributed by atoms with Crippen molar-refractivity contribution >= 4 is 23.4 Å². The highest BCUT2D eigenvalue weighted by Crippen LogP contribution is 2.39. The van der Waals surface area contributed by atoms with Crippen molar-refractivity contribution in [2.24, 2.45) is 0 Å². The van der Waals surface area contributed by atoms with Crippen LogP contribution >= 0.6 is 0 Å². The summed E-state index contributed by atoms with van der Waals surface area (Å²) in [5, 5.41) is 29.2. The number of aliphatic hydroxyl groups excluding tert-OH is 1. The number of ether oxygens (including phenoxy) is 1. The van der Waals surface area contributed by atoms with E-state index in [9.17, 15) is 9.90 Å². The number of fused-ring (bicyclic) bond motifs is 2. The second kappa shape index (κ2) is 12.7. The second-order valence-electron chi connectivity index (χ2n) is 13.4. The molecular weight excluding hydrogens is 596 g/mol. The van der Waals surface area contributed by atoms with Crippen LogP contribution in [0, 0.1) is 0 Å². The van der Waals surface area contributed by atoms with Crippen molar-refractivity contribution in [3.05, 3.63) is 78.0 Å². The molecule has 1 saturated heterocycles. The summed E-state index contributed by atoms with van der Waals surface area (Å²) < 4.78 is 12.1. The number of nitrogens with one attached hydrogen (secondary N) is 2. The van der Waals surface area contributed by atoms with Crippen LogP contribution in [0.2, 0.25) is 0 Å². The van der Waals surface area contributed by atoms with Crippen LogP contribution in [-0.2, 0) is 12.0 Å². The van der Waals surface area contributed by atoms with Gasteiger partial charge in [0, 0.05) is 37.3 Å². The molecular formula is C34H42N10O3. The molecule has 0 spiro atoms. The molecule has 1 aliphatic carbocycles. The summed E-state index contributed by atoms with van der Waals surface area (Å²) in [7, 11) is 0. The predicted molar refractivity (Wildman–Crippen MR) is 178 cm³/mol. The number of imidazole rings is 1. The fraction of sp³-hybridized carbons (Fsp3) is 0.441. The summed E-state index contributed by atoms with van der Waals surface area (Å²) in [5.74, 6) is 2.68. The number of benzene rings is 1. The zero-order valence-electron chi connectivity index (χ0n) is 27.1. The van der Waals surface area contributed by atoms with E-state index in [1.165, 1.54) is 6.42 Å². The van der Waals surface area contributed by atoms with Crippen molar-refractivity contribution in [2.45, 2.75) is 77.0 Å². The summed E-state index contributed by atoms with van der Waals surface area (Å²) >= 11 is 0. The third kappa shape index (κ3) is 6.39. The molecule has 0 bridgehead atoms. The number of aromatic nitrogens is 7. The molecule has 1 aromatic carbocycles. The van der Waals surface area contributed by atoms with Crippen molar-refractivity contribution in [1.29, 1.82) is 0 Å². The maximum Gasteiger partial charge on any atom is 0.320 e. The zero-order valence-corrected chi connectivity index (χ0v) is 27.1. The molecule has 13 heteroatoms. The van der Waals surface area contributed by atoms with E-state index in [0.29, 0.717) is 24.6 Å². The molecule has 2 aliphatic rings. The summed E-state index contributed by atoms with van der Waals surface area (Å²) in [6.07, 6.45) is 10.3. The molecule has 47 heavy (non-hydrogen) atoms. The molecule has 1 fully saturated rings. The van der Waals surface area contributed by atoms with Crippen molar-refractivity contribution in [2.75, 3.05) is 29.9 Å². The lowest BCUT2D eigenvalue weighted by atomic mass is 9.85. The van der Waals surface area contributed by atoms with Gasteiger partial charge in [-0.15, -0.1) is 10.2 Å². The van der Waals surface area contributed by atoms with Gasteiger partial charge in [0.2, 0.25) is 5.95 Å². The summed E-state index contributed by atoms with van der Waals surface area (Å²) in [5.41, 5.74) is 3.47. The SMILES string of the molecule is CC(C)(C)c1cc(NC(=O)N[C@H]2CC[C@@H](Oc3ccc4nnc(N5CCCCC5)n4c3)c3ccccc32)n(-c2cn(CCO)cn2)n1. The molecule has 4 aromatic heterocycles. The number of carbonyl (C=O) groups excluding carboxylic acids is 1. The number of nitrogens with zero attached hydrogens (tertiary/aromatic N) is 8. The van der Waals surface area contributed by atoms with Gasteiger partial charge in [0.15, 0.2) is 11.5 Å². The first kappa shape index (κ1) is 30.7. The van der Waals surface area contributed by atoms with E-state index in [4.69, 9.17) is 9.84 Å². The van der Waals surface area contributed by atoms with Crippen molar-refractivity contribution in [3.8, 4) is 11.6 Å². The van der Waals surface area contributed by atoms with Crippen LogP contribution in [-0.4, -0.2) is 64.8 Å². The maximum absolute atomic E-state index is 13.5. The summed E-state index contributed by atoms with van der Waals surface area (Å²) in [6.45, 7) is 8.61. The minimum absolute atomic E-state index is 0.00140. The van der Waals surface area contributed by atoms with Gasteiger partial charge in [0.05, 0.1) is 30.9 Å². The standard InChI is InChI=1S/C34H42N10O3/c1-34(2,3)28-19-30(44(40-28)31-21-41(17-18-45)22-35-31)37-32(46)36-26-12-13-27(25-10-6-5-9-24(25)26)47-23-11-14-29-38-39-33(43(29)20-23)42-15-7-4-8-16-42/h5-6,9-11,14,19-22,26-27,45H,4,7-8,12-13,15-18H2,1-3H3,(H2,36,37,46)/t26-,27+/m0/s1. The van der Waals surface area contributed by atoms with Crippen LogP contribution in [0.25, 0.3) is 11.5 Å². The lowest BCUT2D eigenvalue weighted by molar-refractivity contribution is 0.171. The Kier molecular flexibility index (Phi) is 8.31. The molecule has 246 valence electrons. The molecule has 0 saturated carbocycles. The lowest BCUT2D eigenvalue weighted by Gasteiger charge is -2.32. The highest BCUT2D eigenvalue weighted by Gasteiger charge is 2.30. The fourth-order valence-corrected chi connectivity index (χ4v) is 6.44. The highest BCUT2D eigenvalue weighted by atomic mass is 16.5. The average molecular weight is 639 g/mol. The van der Waals surface area contributed by atoms with Crippen LogP contribution in [0.4, 0.5) is 16.6 Å². The second-order valence-corrected chi connectivity index (χ2v) is 13.4. The quantitative estimate of drug-likeness (QED) is 0.212. The first-order valence-corrected chi connectivity index (χ1v) is 16.4. The van der Waals surface area contributed by atoms with E-state index in [0.717, 1.165) is 66.5 Å². The van der Waals surface area contributed by atoms with E-state index >= 15 is 0 Å². The number of hydrogen-bond acceptors (Lipinski definition) is 8. The Labute approximate surface area is 273 Å². The highest BCUT2D eigenvalue weighted by molar-refractivity contribution is 5.89. The van der Waals surface area contributed by atoms with E-state index in [-0.39, 0.29) is 30.2 Å². The molecule has 5 heterocycles. The monoisotopic (exact) mass is 638 g/mol. The van der Waals surface area contributed by atoms with Gasteiger partial charge in [0.25, 0.3) is 0 Å². The largest absolute Gasteiger partial charge is 0.484 e. The number of piperidine rings is 1. The Balaban J connectivity index is 1.08. The van der Waals surface area contributed by atoms with Gasteiger partial charge in [-0.2, -0.15) is 9.78 Å². The number of amides is 2. The Bertz CT molecular complexity index is 1860. The third-order valence-corrected chi connectivity index (χ3v) is 8.93. The number of hydrogen-bond donors (Lipinski definition) is 3. The molecule has 2 atom stereocenters. The number of carbonyl (C=O) groups is 1. The van der Waals surface area contributed by atoms with Crippen molar-refractivity contribution in [1.82, 2.24) is 39.2 Å². The van der Waals surface area contributed by atoms with Crippen LogP contribution in [0.5, 0.6) is 5.75 Å². The third-order valence-electron chi connectivity index (χ3n) is 8.93. The topological polar surface area (TPSA) is 140 Å². The molecule has 2 amide bonds. The molecule has 0 unspecified atom stereocenters. The van der Waals surface area contributed by atoms with Gasteiger partial charge in [0.1, 0.15) is 17.7 Å². The first-order chi connectivity index (χ1) is 22.8. The number of aliphatic hydroxyl groups is 1. The predicted octanol–water partition coefficient (Wildman–Crippen LogP) is 5.17. The Hall–Kier alpha value is -4.91. The van der Waals surface area contributed by atoms with Gasteiger partial charge < -0.3 is 24.6 Å². The average Bonchev–Trinajstić information content (AvgIpc) is 3.81. The first-order valence-electron chi connectivity index (χ1n) is 16.4. The fourth-order valence-electron chi connectivity index (χ4n) is 6.44. The Morgan fingerprint density at radius 3 is 2.62 bits per heavy atom. The Morgan fingerprint density at radius 1 is 1.02 bits per heavy atom. The minimum Gasteiger partial charge on any atom is -0.484 e. The number of pyridine rings is 1. The van der Waals surface area contributed by atoms with Gasteiger partial charge in [-0.1, -0.05) is 45.0 Å². The van der Waals surface area contributed by atoms with Gasteiger partial charge in [-0.3, -0.25) is 9.72 Å². The molecule has 5 aromatic rings. The molecule has 3 N–H and O–H groups in total. The zero-order chi connectivity index (χ0) is 32.5. The van der Waals surface area contributed by atoms with Crippen LogP contribution < -0.4 is 20.3 Å². The molecule has 7 rings (SSSR count).